The zero-order valence-corrected chi connectivity index (χ0v) is 8.41. The summed E-state index contributed by atoms with van der Waals surface area (Å²) in [6.07, 6.45) is 1.29. The fourth-order valence-electron chi connectivity index (χ4n) is 1.09. The summed E-state index contributed by atoms with van der Waals surface area (Å²) < 4.78 is 25.1. The molecule has 1 fully saturated rings. The molecule has 0 unspecified atom stereocenters. The molecule has 1 saturated carbocycles. The van der Waals surface area contributed by atoms with E-state index in [1.807, 2.05) is 0 Å². The van der Waals surface area contributed by atoms with Crippen molar-refractivity contribution >= 4 is 21.8 Å². The first-order chi connectivity index (χ1) is 6.99. The number of H-pyrrole nitrogens is 1. The molecule has 2 rings (SSSR count). The van der Waals surface area contributed by atoms with Crippen molar-refractivity contribution in [2.24, 2.45) is 0 Å². The lowest BCUT2D eigenvalue weighted by Gasteiger charge is -2.01. The Balaban J connectivity index is 2.14. The fraction of sp³-hybridized carbons (Fsp3) is 0.429. The van der Waals surface area contributed by atoms with E-state index in [0.29, 0.717) is 12.8 Å². The number of anilines is 1. The Labute approximate surface area is 85.5 Å². The van der Waals surface area contributed by atoms with Gasteiger partial charge in [0.2, 0.25) is 10.0 Å². The third-order valence-corrected chi connectivity index (χ3v) is 3.86. The van der Waals surface area contributed by atoms with Gasteiger partial charge in [-0.1, -0.05) is 0 Å². The lowest BCUT2D eigenvalue weighted by molar-refractivity contribution is 0.0690. The largest absolute Gasteiger partial charge is 0.477 e. The molecule has 1 aliphatic carbocycles. The van der Waals surface area contributed by atoms with E-state index in [1.165, 1.54) is 0 Å². The van der Waals surface area contributed by atoms with Gasteiger partial charge in [0.15, 0.2) is 5.82 Å². The van der Waals surface area contributed by atoms with Crippen LogP contribution in [0.25, 0.3) is 0 Å². The summed E-state index contributed by atoms with van der Waals surface area (Å²) in [5, 5.41) is 14.0. The number of sulfonamides is 1. The Morgan fingerprint density at radius 1 is 1.60 bits per heavy atom. The van der Waals surface area contributed by atoms with Crippen molar-refractivity contribution < 1.29 is 18.3 Å². The van der Waals surface area contributed by atoms with Crippen LogP contribution in [0.15, 0.2) is 6.07 Å². The minimum atomic E-state index is -3.38. The zero-order chi connectivity index (χ0) is 11.1. The number of nitrogens with one attached hydrogen (secondary N) is 2. The van der Waals surface area contributed by atoms with Crippen LogP contribution in [0.4, 0.5) is 5.82 Å². The lowest BCUT2D eigenvalue weighted by atomic mass is 10.4. The highest BCUT2D eigenvalue weighted by Gasteiger charge is 2.36. The molecular weight excluding hydrogens is 222 g/mol. The Morgan fingerprint density at radius 2 is 2.27 bits per heavy atom. The van der Waals surface area contributed by atoms with E-state index in [1.54, 1.807) is 0 Å². The summed E-state index contributed by atoms with van der Waals surface area (Å²) in [5.74, 6) is -1.17. The third-order valence-electron chi connectivity index (χ3n) is 2.02. The number of hydrogen-bond acceptors (Lipinski definition) is 4. The SMILES string of the molecule is O=C(O)c1cc(NS(=O)(=O)C2CC2)n[nH]1. The van der Waals surface area contributed by atoms with Crippen LogP contribution in [0.1, 0.15) is 23.3 Å². The van der Waals surface area contributed by atoms with Crippen LogP contribution < -0.4 is 4.72 Å². The molecule has 82 valence electrons. The highest BCUT2D eigenvalue weighted by atomic mass is 32.2. The quantitative estimate of drug-likeness (QED) is 0.675. The smallest absolute Gasteiger partial charge is 0.353 e. The minimum Gasteiger partial charge on any atom is -0.477 e. The number of rotatable bonds is 4. The molecule has 0 spiro atoms. The van der Waals surface area contributed by atoms with E-state index in [0.717, 1.165) is 6.07 Å². The molecule has 0 aliphatic heterocycles. The van der Waals surface area contributed by atoms with Gasteiger partial charge in [0.05, 0.1) is 5.25 Å². The molecule has 0 atom stereocenters. The average Bonchev–Trinajstić information content (AvgIpc) is 2.88. The number of carbonyl (C=O) groups is 1. The van der Waals surface area contributed by atoms with Crippen molar-refractivity contribution in [3.8, 4) is 0 Å². The van der Waals surface area contributed by atoms with E-state index in [9.17, 15) is 13.2 Å². The van der Waals surface area contributed by atoms with Crippen LogP contribution in [0, 0.1) is 0 Å². The van der Waals surface area contributed by atoms with Crippen LogP contribution >= 0.6 is 0 Å². The summed E-state index contributed by atoms with van der Waals surface area (Å²) in [7, 11) is -3.38. The van der Waals surface area contributed by atoms with Gasteiger partial charge in [-0.3, -0.25) is 9.82 Å². The molecular formula is C7H9N3O4S. The number of nitrogens with zero attached hydrogens (tertiary/aromatic N) is 1. The molecule has 0 radical (unpaired) electrons. The van der Waals surface area contributed by atoms with Crippen molar-refractivity contribution in [3.05, 3.63) is 11.8 Å². The molecule has 0 saturated heterocycles. The molecule has 0 amide bonds. The monoisotopic (exact) mass is 231 g/mol. The fourth-order valence-corrected chi connectivity index (χ4v) is 2.41. The standard InChI is InChI=1S/C7H9N3O4S/c11-7(12)5-3-6(9-8-5)10-15(13,14)4-1-2-4/h3-4H,1-2H2,(H,11,12)(H2,8,9,10). The molecule has 3 N–H and O–H groups in total. The van der Waals surface area contributed by atoms with Gasteiger partial charge in [-0.25, -0.2) is 13.2 Å². The predicted octanol–water partition coefficient (Wildman–Crippen LogP) is 0.0120. The van der Waals surface area contributed by atoms with Crippen molar-refractivity contribution in [2.45, 2.75) is 18.1 Å². The summed E-state index contributed by atoms with van der Waals surface area (Å²) in [6, 6.07) is 1.14. The molecule has 1 aromatic heterocycles. The second kappa shape index (κ2) is 3.23. The summed E-state index contributed by atoms with van der Waals surface area (Å²) in [6.45, 7) is 0. The number of carboxylic acid groups (broad SMARTS) is 1. The second-order valence-corrected chi connectivity index (χ2v) is 5.28. The van der Waals surface area contributed by atoms with Crippen LogP contribution in [-0.4, -0.2) is 34.9 Å². The molecule has 1 heterocycles. The lowest BCUT2D eigenvalue weighted by Crippen LogP contribution is -2.17. The third kappa shape index (κ3) is 2.09. The number of carboxylic acids is 1. The van der Waals surface area contributed by atoms with Crippen molar-refractivity contribution in [3.63, 3.8) is 0 Å². The predicted molar refractivity (Wildman–Crippen MR) is 51.1 cm³/mol. The van der Waals surface area contributed by atoms with E-state index in [-0.39, 0.29) is 16.8 Å². The van der Waals surface area contributed by atoms with Crippen molar-refractivity contribution in [1.29, 1.82) is 0 Å². The van der Waals surface area contributed by atoms with E-state index >= 15 is 0 Å². The molecule has 0 bridgehead atoms. The van der Waals surface area contributed by atoms with Crippen molar-refractivity contribution in [2.75, 3.05) is 4.72 Å². The summed E-state index contributed by atoms with van der Waals surface area (Å²) >= 11 is 0. The van der Waals surface area contributed by atoms with Gasteiger partial charge >= 0.3 is 5.97 Å². The first-order valence-corrected chi connectivity index (χ1v) is 5.84. The zero-order valence-electron chi connectivity index (χ0n) is 7.60. The van der Waals surface area contributed by atoms with Crippen LogP contribution in [0.2, 0.25) is 0 Å². The minimum absolute atomic E-state index is 0.0132. The number of aromatic carboxylic acids is 1. The van der Waals surface area contributed by atoms with Gasteiger partial charge in [-0.2, -0.15) is 5.10 Å². The maximum absolute atomic E-state index is 11.4. The summed E-state index contributed by atoms with van der Waals surface area (Å²) in [5.41, 5.74) is -0.150. The molecule has 1 aliphatic rings. The highest BCUT2D eigenvalue weighted by molar-refractivity contribution is 7.93. The molecule has 0 aromatic carbocycles. The van der Waals surface area contributed by atoms with E-state index in [2.05, 4.69) is 14.9 Å². The normalized spacial score (nSPS) is 16.3. The average molecular weight is 231 g/mol. The van der Waals surface area contributed by atoms with Crippen LogP contribution in [0.5, 0.6) is 0 Å². The van der Waals surface area contributed by atoms with Gasteiger partial charge in [0.1, 0.15) is 5.69 Å². The Hall–Kier alpha value is -1.57. The first kappa shape index (κ1) is 9.97. The maximum Gasteiger partial charge on any atom is 0.353 e. The van der Waals surface area contributed by atoms with Gasteiger partial charge in [-0.15, -0.1) is 0 Å². The van der Waals surface area contributed by atoms with Gasteiger partial charge < -0.3 is 5.11 Å². The van der Waals surface area contributed by atoms with Gasteiger partial charge in [0, 0.05) is 6.07 Å². The topological polar surface area (TPSA) is 112 Å². The Bertz CT molecular complexity index is 488. The maximum atomic E-state index is 11.4. The molecule has 15 heavy (non-hydrogen) atoms. The molecule has 8 heteroatoms. The Morgan fingerprint density at radius 3 is 2.73 bits per heavy atom. The molecule has 7 nitrogen and oxygen atoms in total. The number of aromatic amines is 1. The second-order valence-electron chi connectivity index (χ2n) is 3.32. The van der Waals surface area contributed by atoms with Gasteiger partial charge in [0.25, 0.3) is 0 Å². The van der Waals surface area contributed by atoms with Crippen LogP contribution in [-0.2, 0) is 10.0 Å². The number of aromatic nitrogens is 2. The highest BCUT2D eigenvalue weighted by Crippen LogP contribution is 2.29. The van der Waals surface area contributed by atoms with E-state index < -0.39 is 16.0 Å². The van der Waals surface area contributed by atoms with Crippen LogP contribution in [0.3, 0.4) is 0 Å². The van der Waals surface area contributed by atoms with E-state index in [4.69, 9.17) is 5.11 Å². The van der Waals surface area contributed by atoms with Gasteiger partial charge in [-0.05, 0) is 12.8 Å². The van der Waals surface area contributed by atoms with Crippen molar-refractivity contribution in [1.82, 2.24) is 10.2 Å². The number of hydrogen-bond donors (Lipinski definition) is 3. The summed E-state index contributed by atoms with van der Waals surface area (Å²) in [4.78, 5) is 10.5. The first-order valence-electron chi connectivity index (χ1n) is 4.29. The molecule has 1 aromatic rings. The Kier molecular flexibility index (Phi) is 2.14.